The van der Waals surface area contributed by atoms with Crippen LogP contribution in [0.4, 0.5) is 0 Å². The van der Waals surface area contributed by atoms with Gasteiger partial charge in [0.05, 0.1) is 5.60 Å². The van der Waals surface area contributed by atoms with Crippen LogP contribution in [0.15, 0.2) is 0 Å². The van der Waals surface area contributed by atoms with Gasteiger partial charge in [-0.1, -0.05) is 26.7 Å². The van der Waals surface area contributed by atoms with Crippen LogP contribution in [0.3, 0.4) is 0 Å². The molecular weight excluding hydrogens is 210 g/mol. The molecule has 0 aromatic rings. The predicted molar refractivity (Wildman–Crippen MR) is 71.7 cm³/mol. The van der Waals surface area contributed by atoms with Crippen molar-refractivity contribution in [1.82, 2.24) is 0 Å². The van der Waals surface area contributed by atoms with E-state index in [0.29, 0.717) is 6.54 Å². The van der Waals surface area contributed by atoms with Gasteiger partial charge < -0.3 is 10.8 Å². The molecule has 3 N–H and O–H groups in total. The Morgan fingerprint density at radius 2 is 1.65 bits per heavy atom. The maximum atomic E-state index is 11.1. The zero-order valence-electron chi connectivity index (χ0n) is 11.5. The first-order valence-electron chi connectivity index (χ1n) is 7.51. The average molecular weight is 239 g/mol. The Balaban J connectivity index is 2.13. The SMILES string of the molecule is CCC1CCC(O)(C2(CN)CCC(CC)C2)C1. The minimum Gasteiger partial charge on any atom is -0.389 e. The summed E-state index contributed by atoms with van der Waals surface area (Å²) < 4.78 is 0. The first-order chi connectivity index (χ1) is 8.09. The first kappa shape index (κ1) is 13.4. The van der Waals surface area contributed by atoms with Crippen LogP contribution in [-0.2, 0) is 0 Å². The molecule has 2 nitrogen and oxygen atoms in total. The van der Waals surface area contributed by atoms with Gasteiger partial charge in [0.25, 0.3) is 0 Å². The molecular formula is C15H29NO. The van der Waals surface area contributed by atoms with E-state index in [1.165, 1.54) is 25.7 Å². The van der Waals surface area contributed by atoms with E-state index in [9.17, 15) is 5.11 Å². The molecule has 17 heavy (non-hydrogen) atoms. The van der Waals surface area contributed by atoms with Gasteiger partial charge in [-0.3, -0.25) is 0 Å². The van der Waals surface area contributed by atoms with Gasteiger partial charge in [0.1, 0.15) is 0 Å². The molecule has 0 amide bonds. The molecule has 2 fully saturated rings. The lowest BCUT2D eigenvalue weighted by atomic mass is 9.68. The van der Waals surface area contributed by atoms with Gasteiger partial charge in [0, 0.05) is 12.0 Å². The van der Waals surface area contributed by atoms with E-state index in [2.05, 4.69) is 13.8 Å². The highest BCUT2D eigenvalue weighted by Crippen LogP contribution is 2.56. The Morgan fingerprint density at radius 1 is 1.06 bits per heavy atom. The van der Waals surface area contributed by atoms with Crippen molar-refractivity contribution >= 4 is 0 Å². The fraction of sp³-hybridized carbons (Fsp3) is 1.00. The molecule has 2 rings (SSSR count). The van der Waals surface area contributed by atoms with Crippen molar-refractivity contribution in [3.8, 4) is 0 Å². The molecule has 4 atom stereocenters. The fourth-order valence-electron chi connectivity index (χ4n) is 4.34. The number of hydrogen-bond acceptors (Lipinski definition) is 2. The quantitative estimate of drug-likeness (QED) is 0.792. The summed E-state index contributed by atoms with van der Waals surface area (Å²) in [4.78, 5) is 0. The number of aliphatic hydroxyl groups is 1. The monoisotopic (exact) mass is 239 g/mol. The van der Waals surface area contributed by atoms with Crippen LogP contribution in [0.5, 0.6) is 0 Å². The highest BCUT2D eigenvalue weighted by Gasteiger charge is 2.55. The van der Waals surface area contributed by atoms with E-state index < -0.39 is 5.60 Å². The summed E-state index contributed by atoms with van der Waals surface area (Å²) in [6.45, 7) is 5.19. The Hall–Kier alpha value is -0.0800. The van der Waals surface area contributed by atoms with Crippen molar-refractivity contribution in [3.05, 3.63) is 0 Å². The van der Waals surface area contributed by atoms with E-state index in [-0.39, 0.29) is 5.41 Å². The smallest absolute Gasteiger partial charge is 0.0718 e. The second kappa shape index (κ2) is 4.89. The predicted octanol–water partition coefficient (Wildman–Crippen LogP) is 3.08. The topological polar surface area (TPSA) is 46.2 Å². The zero-order chi connectivity index (χ0) is 12.5. The zero-order valence-corrected chi connectivity index (χ0v) is 11.5. The van der Waals surface area contributed by atoms with E-state index in [4.69, 9.17) is 5.73 Å². The second-order valence-corrected chi connectivity index (χ2v) is 6.55. The van der Waals surface area contributed by atoms with Gasteiger partial charge in [-0.2, -0.15) is 0 Å². The third kappa shape index (κ3) is 2.15. The first-order valence-corrected chi connectivity index (χ1v) is 7.51. The van der Waals surface area contributed by atoms with Crippen LogP contribution in [0.25, 0.3) is 0 Å². The van der Waals surface area contributed by atoms with Gasteiger partial charge in [0.15, 0.2) is 0 Å². The lowest BCUT2D eigenvalue weighted by Gasteiger charge is -2.43. The van der Waals surface area contributed by atoms with Crippen molar-refractivity contribution in [1.29, 1.82) is 0 Å². The van der Waals surface area contributed by atoms with Crippen LogP contribution in [-0.4, -0.2) is 17.3 Å². The Labute approximate surface area is 106 Å². The van der Waals surface area contributed by atoms with Gasteiger partial charge in [0.2, 0.25) is 0 Å². The van der Waals surface area contributed by atoms with Gasteiger partial charge in [-0.05, 0) is 50.4 Å². The number of hydrogen-bond donors (Lipinski definition) is 2. The third-order valence-electron chi connectivity index (χ3n) is 5.84. The molecule has 0 spiro atoms. The minimum atomic E-state index is -0.452. The van der Waals surface area contributed by atoms with E-state index in [1.54, 1.807) is 0 Å². The minimum absolute atomic E-state index is 0.0393. The summed E-state index contributed by atoms with van der Waals surface area (Å²) in [5, 5.41) is 11.1. The molecule has 4 unspecified atom stereocenters. The van der Waals surface area contributed by atoms with Gasteiger partial charge >= 0.3 is 0 Å². The molecule has 2 aliphatic carbocycles. The fourth-order valence-corrected chi connectivity index (χ4v) is 4.34. The summed E-state index contributed by atoms with van der Waals surface area (Å²) in [5.41, 5.74) is 5.66. The molecule has 2 heteroatoms. The molecule has 2 saturated carbocycles. The summed E-state index contributed by atoms with van der Waals surface area (Å²) >= 11 is 0. The Morgan fingerprint density at radius 3 is 2.12 bits per heavy atom. The lowest BCUT2D eigenvalue weighted by Crippen LogP contribution is -2.49. The normalized spacial score (nSPS) is 46.6. The molecule has 0 aliphatic heterocycles. The summed E-state index contributed by atoms with van der Waals surface area (Å²) in [6.07, 6.45) is 9.21. The highest BCUT2D eigenvalue weighted by molar-refractivity contribution is 5.07. The number of nitrogens with two attached hydrogens (primary N) is 1. The van der Waals surface area contributed by atoms with Crippen molar-refractivity contribution in [2.24, 2.45) is 23.0 Å². The summed E-state index contributed by atoms with van der Waals surface area (Å²) in [5.74, 6) is 1.52. The van der Waals surface area contributed by atoms with Crippen molar-refractivity contribution < 1.29 is 5.11 Å². The van der Waals surface area contributed by atoms with Crippen LogP contribution >= 0.6 is 0 Å². The van der Waals surface area contributed by atoms with E-state index in [0.717, 1.165) is 37.5 Å². The van der Waals surface area contributed by atoms with Crippen LogP contribution < -0.4 is 5.73 Å². The highest BCUT2D eigenvalue weighted by atomic mass is 16.3. The Kier molecular flexibility index (Phi) is 3.84. The molecule has 0 bridgehead atoms. The molecule has 0 aromatic carbocycles. The molecule has 2 aliphatic rings. The van der Waals surface area contributed by atoms with Gasteiger partial charge in [-0.25, -0.2) is 0 Å². The van der Waals surface area contributed by atoms with Crippen LogP contribution in [0.1, 0.15) is 65.2 Å². The standard InChI is InChI=1S/C15H29NO/c1-3-12-5-7-14(9-12,11-16)15(17)8-6-13(4-2)10-15/h12-13,17H,3-11,16H2,1-2H3. The largest absolute Gasteiger partial charge is 0.389 e. The third-order valence-corrected chi connectivity index (χ3v) is 5.84. The molecule has 0 heterocycles. The average Bonchev–Trinajstić information content (AvgIpc) is 2.94. The Bertz CT molecular complexity index is 268. The molecule has 0 radical (unpaired) electrons. The molecule has 100 valence electrons. The van der Waals surface area contributed by atoms with Crippen LogP contribution in [0, 0.1) is 17.3 Å². The van der Waals surface area contributed by atoms with Crippen molar-refractivity contribution in [2.75, 3.05) is 6.54 Å². The molecule has 0 saturated heterocycles. The van der Waals surface area contributed by atoms with Crippen molar-refractivity contribution in [2.45, 2.75) is 70.8 Å². The van der Waals surface area contributed by atoms with E-state index >= 15 is 0 Å². The summed E-state index contributed by atoms with van der Waals surface area (Å²) in [7, 11) is 0. The maximum Gasteiger partial charge on any atom is 0.0718 e. The maximum absolute atomic E-state index is 11.1. The van der Waals surface area contributed by atoms with Crippen molar-refractivity contribution in [3.63, 3.8) is 0 Å². The van der Waals surface area contributed by atoms with Gasteiger partial charge in [-0.15, -0.1) is 0 Å². The molecule has 0 aromatic heterocycles. The lowest BCUT2D eigenvalue weighted by molar-refractivity contribution is -0.0775. The summed E-state index contributed by atoms with van der Waals surface area (Å²) in [6, 6.07) is 0. The number of rotatable bonds is 4. The second-order valence-electron chi connectivity index (χ2n) is 6.55. The van der Waals surface area contributed by atoms with E-state index in [1.807, 2.05) is 0 Å². The van der Waals surface area contributed by atoms with Crippen LogP contribution in [0.2, 0.25) is 0 Å².